The molecule has 4 nitrogen and oxygen atoms in total. The summed E-state index contributed by atoms with van der Waals surface area (Å²) in [6, 6.07) is 24.7. The molecule has 3 aromatic rings. The quantitative estimate of drug-likeness (QED) is 0.608. The molecule has 0 aromatic heterocycles. The molecule has 4 rings (SSSR count). The van der Waals surface area contributed by atoms with Crippen LogP contribution in [0, 0.1) is 0 Å². The van der Waals surface area contributed by atoms with Crippen LogP contribution in [0.1, 0.15) is 21.5 Å². The second-order valence-corrected chi connectivity index (χ2v) is 8.16. The predicted molar refractivity (Wildman–Crippen MR) is 122 cm³/mol. The van der Waals surface area contributed by atoms with E-state index in [4.69, 9.17) is 0 Å². The van der Waals surface area contributed by atoms with Gasteiger partial charge in [0.05, 0.1) is 0 Å². The molecule has 30 heavy (non-hydrogen) atoms. The Morgan fingerprint density at radius 1 is 0.967 bits per heavy atom. The number of rotatable bonds is 6. The van der Waals surface area contributed by atoms with E-state index in [2.05, 4.69) is 35.8 Å². The first-order chi connectivity index (χ1) is 14.7. The van der Waals surface area contributed by atoms with Crippen molar-refractivity contribution in [3.8, 4) is 0 Å². The van der Waals surface area contributed by atoms with Gasteiger partial charge in [-0.15, -0.1) is 11.8 Å². The van der Waals surface area contributed by atoms with E-state index >= 15 is 0 Å². The number of hydrogen-bond donors (Lipinski definition) is 1. The van der Waals surface area contributed by atoms with Crippen molar-refractivity contribution in [3.05, 3.63) is 95.6 Å². The molecular formula is C25H24N2O2S. The number of fused-ring (bicyclic) bond motifs is 1. The van der Waals surface area contributed by atoms with Crippen molar-refractivity contribution >= 4 is 29.3 Å². The van der Waals surface area contributed by atoms with E-state index in [1.54, 1.807) is 28.8 Å². The van der Waals surface area contributed by atoms with Crippen LogP contribution < -0.4 is 10.2 Å². The van der Waals surface area contributed by atoms with E-state index in [0.29, 0.717) is 18.5 Å². The van der Waals surface area contributed by atoms with Gasteiger partial charge in [0.25, 0.3) is 5.91 Å². The molecule has 1 N–H and O–H groups in total. The smallest absolute Gasteiger partial charge is 0.259 e. The summed E-state index contributed by atoms with van der Waals surface area (Å²) in [5.74, 6) is -0.260. The molecule has 0 spiro atoms. The first-order valence-electron chi connectivity index (χ1n) is 10.0. The number of anilines is 1. The standard InChI is InChI=1S/C25H24N2O2S/c1-30-21-13-11-18(12-14-21)15-16-26-24(28)23-17-20-9-5-6-10-22(20)27(23)25(29)19-7-3-2-4-8-19/h2-14,23H,15-17H2,1H3,(H,26,28)/t23-/m0/s1. The first kappa shape index (κ1) is 20.2. The Bertz CT molecular complexity index is 1030. The van der Waals surface area contributed by atoms with E-state index < -0.39 is 6.04 Å². The van der Waals surface area contributed by atoms with Gasteiger partial charge < -0.3 is 5.32 Å². The van der Waals surface area contributed by atoms with Gasteiger partial charge in [0.2, 0.25) is 5.91 Å². The molecule has 0 saturated heterocycles. The van der Waals surface area contributed by atoms with Crippen LogP contribution in [0.15, 0.2) is 83.8 Å². The molecule has 0 fully saturated rings. The second-order valence-electron chi connectivity index (χ2n) is 7.28. The van der Waals surface area contributed by atoms with Crippen LogP contribution in [0.2, 0.25) is 0 Å². The third-order valence-electron chi connectivity index (χ3n) is 5.39. The fraction of sp³-hybridized carbons (Fsp3) is 0.200. The molecule has 0 unspecified atom stereocenters. The largest absolute Gasteiger partial charge is 0.354 e. The lowest BCUT2D eigenvalue weighted by atomic mass is 10.1. The van der Waals surface area contributed by atoms with Crippen LogP contribution in [0.5, 0.6) is 0 Å². The van der Waals surface area contributed by atoms with Crippen LogP contribution in [0.3, 0.4) is 0 Å². The van der Waals surface area contributed by atoms with Gasteiger partial charge >= 0.3 is 0 Å². The molecule has 1 heterocycles. The van der Waals surface area contributed by atoms with Crippen molar-refractivity contribution < 1.29 is 9.59 Å². The van der Waals surface area contributed by atoms with Gasteiger partial charge in [-0.25, -0.2) is 0 Å². The lowest BCUT2D eigenvalue weighted by Gasteiger charge is -2.25. The highest BCUT2D eigenvalue weighted by Gasteiger charge is 2.38. The number of nitrogens with zero attached hydrogens (tertiary/aromatic N) is 1. The van der Waals surface area contributed by atoms with Crippen molar-refractivity contribution in [2.24, 2.45) is 0 Å². The SMILES string of the molecule is CSc1ccc(CCNC(=O)[C@@H]2Cc3ccccc3N2C(=O)c2ccccc2)cc1. The van der Waals surface area contributed by atoms with Crippen molar-refractivity contribution in [1.82, 2.24) is 5.32 Å². The Morgan fingerprint density at radius 2 is 1.67 bits per heavy atom. The minimum absolute atomic E-state index is 0.115. The lowest BCUT2D eigenvalue weighted by molar-refractivity contribution is -0.122. The highest BCUT2D eigenvalue weighted by atomic mass is 32.2. The van der Waals surface area contributed by atoms with E-state index in [1.165, 1.54) is 10.5 Å². The first-order valence-corrected chi connectivity index (χ1v) is 11.3. The fourth-order valence-electron chi connectivity index (χ4n) is 3.81. The minimum atomic E-state index is -0.533. The van der Waals surface area contributed by atoms with Gasteiger partial charge in [-0.05, 0) is 54.1 Å². The predicted octanol–water partition coefficient (Wildman–Crippen LogP) is 4.34. The van der Waals surface area contributed by atoms with Gasteiger partial charge in [-0.3, -0.25) is 14.5 Å². The molecule has 0 radical (unpaired) electrons. The topological polar surface area (TPSA) is 49.4 Å². The van der Waals surface area contributed by atoms with Crippen molar-refractivity contribution in [3.63, 3.8) is 0 Å². The maximum Gasteiger partial charge on any atom is 0.259 e. The average molecular weight is 417 g/mol. The number of nitrogens with one attached hydrogen (secondary N) is 1. The van der Waals surface area contributed by atoms with E-state index in [9.17, 15) is 9.59 Å². The molecule has 1 atom stereocenters. The highest BCUT2D eigenvalue weighted by Crippen LogP contribution is 2.33. The van der Waals surface area contributed by atoms with Crippen LogP contribution in [-0.2, 0) is 17.6 Å². The zero-order valence-corrected chi connectivity index (χ0v) is 17.7. The van der Waals surface area contributed by atoms with Gasteiger partial charge in [-0.1, -0.05) is 48.5 Å². The van der Waals surface area contributed by atoms with Gasteiger partial charge in [0, 0.05) is 29.1 Å². The Labute approximate surface area is 181 Å². The summed E-state index contributed by atoms with van der Waals surface area (Å²) in [7, 11) is 0. The second kappa shape index (κ2) is 9.18. The monoisotopic (exact) mass is 416 g/mol. The summed E-state index contributed by atoms with van der Waals surface area (Å²) in [5.41, 5.74) is 3.61. The van der Waals surface area contributed by atoms with Gasteiger partial charge in [-0.2, -0.15) is 0 Å². The fourth-order valence-corrected chi connectivity index (χ4v) is 4.21. The third kappa shape index (κ3) is 4.26. The van der Waals surface area contributed by atoms with E-state index in [0.717, 1.165) is 17.7 Å². The number of amides is 2. The Balaban J connectivity index is 1.47. The summed E-state index contributed by atoms with van der Waals surface area (Å²) in [6.07, 6.45) is 3.34. The van der Waals surface area contributed by atoms with Gasteiger partial charge in [0.1, 0.15) is 6.04 Å². The number of hydrogen-bond acceptors (Lipinski definition) is 3. The number of carbonyl (C=O) groups excluding carboxylic acids is 2. The zero-order valence-electron chi connectivity index (χ0n) is 16.9. The maximum absolute atomic E-state index is 13.2. The Kier molecular flexibility index (Phi) is 6.19. The molecule has 5 heteroatoms. The lowest BCUT2D eigenvalue weighted by Crippen LogP contribution is -2.48. The van der Waals surface area contributed by atoms with Crippen LogP contribution in [0.4, 0.5) is 5.69 Å². The summed E-state index contributed by atoms with van der Waals surface area (Å²) in [6.45, 7) is 0.539. The normalized spacial score (nSPS) is 15.0. The zero-order chi connectivity index (χ0) is 20.9. The van der Waals surface area contributed by atoms with Crippen LogP contribution >= 0.6 is 11.8 Å². The van der Waals surface area contributed by atoms with E-state index in [-0.39, 0.29) is 11.8 Å². The molecule has 3 aromatic carbocycles. The van der Waals surface area contributed by atoms with Crippen molar-refractivity contribution in [2.75, 3.05) is 17.7 Å². The van der Waals surface area contributed by atoms with Crippen molar-refractivity contribution in [2.45, 2.75) is 23.8 Å². The van der Waals surface area contributed by atoms with E-state index in [1.807, 2.05) is 42.5 Å². The number of benzene rings is 3. The molecule has 1 aliphatic heterocycles. The molecule has 2 amide bonds. The number of para-hydroxylation sites is 1. The molecule has 0 saturated carbocycles. The summed E-state index contributed by atoms with van der Waals surface area (Å²) in [5, 5.41) is 3.03. The minimum Gasteiger partial charge on any atom is -0.354 e. The average Bonchev–Trinajstić information content (AvgIpc) is 3.19. The maximum atomic E-state index is 13.2. The van der Waals surface area contributed by atoms with Gasteiger partial charge in [0.15, 0.2) is 0 Å². The third-order valence-corrected chi connectivity index (χ3v) is 6.13. The number of carbonyl (C=O) groups is 2. The molecular weight excluding hydrogens is 392 g/mol. The molecule has 0 bridgehead atoms. The molecule has 0 aliphatic carbocycles. The highest BCUT2D eigenvalue weighted by molar-refractivity contribution is 7.98. The van der Waals surface area contributed by atoms with Crippen LogP contribution in [-0.4, -0.2) is 30.7 Å². The summed E-state index contributed by atoms with van der Waals surface area (Å²) >= 11 is 1.71. The summed E-state index contributed by atoms with van der Waals surface area (Å²) < 4.78 is 0. The summed E-state index contributed by atoms with van der Waals surface area (Å²) in [4.78, 5) is 29.1. The molecule has 152 valence electrons. The Hall–Kier alpha value is -3.05. The molecule has 1 aliphatic rings. The van der Waals surface area contributed by atoms with Crippen molar-refractivity contribution in [1.29, 1.82) is 0 Å². The van der Waals surface area contributed by atoms with Crippen LogP contribution in [0.25, 0.3) is 0 Å². The Morgan fingerprint density at radius 3 is 2.40 bits per heavy atom. The number of thioether (sulfide) groups is 1.